The van der Waals surface area contributed by atoms with Gasteiger partial charge in [0.15, 0.2) is 8.80 Å². The van der Waals surface area contributed by atoms with Gasteiger partial charge in [0.25, 0.3) is 0 Å². The Morgan fingerprint density at radius 2 is 1.17 bits per heavy atom. The molecule has 0 fully saturated rings. The predicted molar refractivity (Wildman–Crippen MR) is 127 cm³/mol. The first kappa shape index (κ1) is 17.1. The summed E-state index contributed by atoms with van der Waals surface area (Å²) in [6, 6.07) is 28.4. The van der Waals surface area contributed by atoms with E-state index < -0.39 is 8.80 Å². The van der Waals surface area contributed by atoms with Gasteiger partial charge >= 0.3 is 0 Å². The standard InChI is InChI=1S/C29H17Si/c1-3-20-21(4-2)29(18-26-22-12-6-5-11-19(22)17-25(20)26)30-27-15-9-7-13-23(27)24-14-8-10-16-28(24)30/h1-2,5-16,18H,17H2. The number of terminal acetylenes is 2. The summed E-state index contributed by atoms with van der Waals surface area (Å²) >= 11 is 0. The fraction of sp³-hybridized carbons (Fsp3) is 0.0345. The lowest BCUT2D eigenvalue weighted by molar-refractivity contribution is 1.25. The zero-order chi connectivity index (χ0) is 20.2. The van der Waals surface area contributed by atoms with Crippen LogP contribution in [0.1, 0.15) is 22.3 Å². The molecule has 0 unspecified atom stereocenters. The molecule has 0 aromatic heterocycles. The van der Waals surface area contributed by atoms with Gasteiger partial charge in [-0.3, -0.25) is 0 Å². The van der Waals surface area contributed by atoms with E-state index in [-0.39, 0.29) is 0 Å². The molecule has 0 amide bonds. The normalized spacial score (nSPS) is 13.0. The molecule has 137 valence electrons. The molecule has 0 nitrogen and oxygen atoms in total. The highest BCUT2D eigenvalue weighted by Crippen LogP contribution is 2.39. The average molecular weight is 394 g/mol. The van der Waals surface area contributed by atoms with Gasteiger partial charge < -0.3 is 0 Å². The van der Waals surface area contributed by atoms with E-state index in [1.807, 2.05) is 0 Å². The van der Waals surface area contributed by atoms with Crippen LogP contribution in [0.5, 0.6) is 0 Å². The maximum atomic E-state index is 6.10. The molecule has 6 rings (SSSR count). The van der Waals surface area contributed by atoms with Crippen LogP contribution < -0.4 is 15.6 Å². The SMILES string of the molecule is C#Cc1c([Si]2c3ccccc3-c3ccccc32)cc2c(c1C#C)Cc1ccccc1-2. The molecule has 4 aromatic rings. The first-order valence-corrected chi connectivity index (χ1v) is 11.6. The third-order valence-electron chi connectivity index (χ3n) is 6.35. The molecule has 1 radical (unpaired) electrons. The van der Waals surface area contributed by atoms with E-state index in [1.165, 1.54) is 48.9 Å². The van der Waals surface area contributed by atoms with Gasteiger partial charge in [-0.25, -0.2) is 0 Å². The first-order chi connectivity index (χ1) is 14.8. The molecule has 1 heteroatoms. The molecule has 30 heavy (non-hydrogen) atoms. The lowest BCUT2D eigenvalue weighted by Gasteiger charge is -2.18. The second kappa shape index (κ2) is 6.36. The van der Waals surface area contributed by atoms with Crippen molar-refractivity contribution in [3.8, 4) is 46.9 Å². The Morgan fingerprint density at radius 3 is 1.80 bits per heavy atom. The Hall–Kier alpha value is -3.78. The summed E-state index contributed by atoms with van der Waals surface area (Å²) in [6.45, 7) is 0. The van der Waals surface area contributed by atoms with E-state index in [9.17, 15) is 0 Å². The molecule has 0 bridgehead atoms. The highest BCUT2D eigenvalue weighted by Gasteiger charge is 2.35. The van der Waals surface area contributed by atoms with Crippen LogP contribution in [0.3, 0.4) is 0 Å². The molecule has 0 saturated carbocycles. The minimum absolute atomic E-state index is 0.856. The number of hydrogen-bond acceptors (Lipinski definition) is 0. The molecule has 1 aliphatic heterocycles. The Kier molecular flexibility index (Phi) is 3.63. The Morgan fingerprint density at radius 1 is 0.600 bits per heavy atom. The summed E-state index contributed by atoms with van der Waals surface area (Å²) in [5.74, 6) is 5.96. The minimum Gasteiger partial charge on any atom is -0.115 e. The van der Waals surface area contributed by atoms with Gasteiger partial charge in [-0.2, -0.15) is 0 Å². The topological polar surface area (TPSA) is 0 Å². The van der Waals surface area contributed by atoms with Gasteiger partial charge in [0.05, 0.1) is 0 Å². The van der Waals surface area contributed by atoms with E-state index in [0.29, 0.717) is 0 Å². The van der Waals surface area contributed by atoms with Crippen LogP contribution in [0.15, 0.2) is 78.9 Å². The highest BCUT2D eigenvalue weighted by atomic mass is 28.3. The molecular weight excluding hydrogens is 376 g/mol. The number of hydrogen-bond donors (Lipinski definition) is 0. The molecule has 2 aliphatic rings. The summed E-state index contributed by atoms with van der Waals surface area (Å²) in [6.07, 6.45) is 13.0. The van der Waals surface area contributed by atoms with Gasteiger partial charge in [0, 0.05) is 11.1 Å². The smallest absolute Gasteiger partial charge is 0.115 e. The summed E-state index contributed by atoms with van der Waals surface area (Å²) in [5.41, 5.74) is 9.54. The highest BCUT2D eigenvalue weighted by molar-refractivity contribution is 6.99. The fourth-order valence-corrected chi connectivity index (χ4v) is 8.20. The third-order valence-corrected chi connectivity index (χ3v) is 9.23. The van der Waals surface area contributed by atoms with Crippen molar-refractivity contribution in [2.75, 3.05) is 0 Å². The molecule has 0 spiro atoms. The van der Waals surface area contributed by atoms with Crippen LogP contribution >= 0.6 is 0 Å². The molecule has 1 aliphatic carbocycles. The zero-order valence-corrected chi connectivity index (χ0v) is 17.4. The molecule has 0 saturated heterocycles. The maximum absolute atomic E-state index is 6.10. The van der Waals surface area contributed by atoms with Gasteiger partial charge in [0.1, 0.15) is 0 Å². The third kappa shape index (κ3) is 2.19. The van der Waals surface area contributed by atoms with Crippen molar-refractivity contribution in [3.63, 3.8) is 0 Å². The predicted octanol–water partition coefficient (Wildman–Crippen LogP) is 3.72. The zero-order valence-electron chi connectivity index (χ0n) is 16.4. The first-order valence-electron chi connectivity index (χ1n) is 10.1. The van der Waals surface area contributed by atoms with Crippen molar-refractivity contribution >= 4 is 24.4 Å². The van der Waals surface area contributed by atoms with Crippen molar-refractivity contribution in [1.29, 1.82) is 0 Å². The minimum atomic E-state index is -1.24. The molecule has 0 N–H and O–H groups in total. The van der Waals surface area contributed by atoms with Crippen molar-refractivity contribution in [3.05, 3.63) is 101 Å². The molecule has 4 aromatic carbocycles. The average Bonchev–Trinajstić information content (AvgIpc) is 3.33. The van der Waals surface area contributed by atoms with E-state index in [1.54, 1.807) is 0 Å². The van der Waals surface area contributed by atoms with Gasteiger partial charge in [-0.05, 0) is 55.4 Å². The van der Waals surface area contributed by atoms with Crippen molar-refractivity contribution in [2.24, 2.45) is 0 Å². The second-order valence-corrected chi connectivity index (χ2v) is 10.2. The van der Waals surface area contributed by atoms with Crippen molar-refractivity contribution in [2.45, 2.75) is 6.42 Å². The Labute approximate surface area is 178 Å². The summed E-state index contributed by atoms with van der Waals surface area (Å²) < 4.78 is 0. The summed E-state index contributed by atoms with van der Waals surface area (Å²) in [5, 5.41) is 4.03. The fourth-order valence-electron chi connectivity index (χ4n) is 5.09. The Balaban J connectivity index is 1.70. The van der Waals surface area contributed by atoms with Crippen LogP contribution in [-0.2, 0) is 6.42 Å². The van der Waals surface area contributed by atoms with Crippen LogP contribution in [0.2, 0.25) is 0 Å². The lowest BCUT2D eigenvalue weighted by atomic mass is 9.96. The van der Waals surface area contributed by atoms with Crippen LogP contribution in [-0.4, -0.2) is 8.80 Å². The molecule has 1 heterocycles. The molecule has 0 atom stereocenters. The lowest BCUT2D eigenvalue weighted by Crippen LogP contribution is -2.50. The van der Waals surface area contributed by atoms with Crippen molar-refractivity contribution < 1.29 is 0 Å². The van der Waals surface area contributed by atoms with Crippen molar-refractivity contribution in [1.82, 2.24) is 0 Å². The quantitative estimate of drug-likeness (QED) is 0.295. The number of benzene rings is 4. The van der Waals surface area contributed by atoms with Crippen LogP contribution in [0, 0.1) is 24.7 Å². The Bertz CT molecular complexity index is 1400. The van der Waals surface area contributed by atoms with Crippen LogP contribution in [0.4, 0.5) is 0 Å². The van der Waals surface area contributed by atoms with E-state index in [4.69, 9.17) is 12.8 Å². The monoisotopic (exact) mass is 393 g/mol. The maximum Gasteiger partial charge on any atom is 0.157 e. The number of fused-ring (bicyclic) bond motifs is 6. The van der Waals surface area contributed by atoms with Gasteiger partial charge in [-0.15, -0.1) is 12.8 Å². The van der Waals surface area contributed by atoms with E-state index in [2.05, 4.69) is 90.7 Å². The van der Waals surface area contributed by atoms with E-state index in [0.717, 1.165) is 17.5 Å². The van der Waals surface area contributed by atoms with E-state index >= 15 is 0 Å². The number of rotatable bonds is 1. The van der Waals surface area contributed by atoms with Gasteiger partial charge in [0.2, 0.25) is 0 Å². The second-order valence-electron chi connectivity index (χ2n) is 7.79. The summed E-state index contributed by atoms with van der Waals surface area (Å²) in [4.78, 5) is 0. The largest absolute Gasteiger partial charge is 0.157 e. The van der Waals surface area contributed by atoms with Crippen LogP contribution in [0.25, 0.3) is 22.3 Å². The summed E-state index contributed by atoms with van der Waals surface area (Å²) in [7, 11) is -1.24. The molecular formula is C29H17Si. The van der Waals surface area contributed by atoms with Gasteiger partial charge in [-0.1, -0.05) is 90.7 Å².